The average Bonchev–Trinajstić information content (AvgIpc) is 2.38. The number of hydrogen-bond donors (Lipinski definition) is 1. The quantitative estimate of drug-likeness (QED) is 0.652. The summed E-state index contributed by atoms with van der Waals surface area (Å²) in [5.41, 5.74) is 1.53. The first-order valence-electron chi connectivity index (χ1n) is 5.94. The van der Waals surface area contributed by atoms with Gasteiger partial charge in [-0.1, -0.05) is 6.07 Å². The van der Waals surface area contributed by atoms with Gasteiger partial charge in [-0.05, 0) is 59.8 Å². The van der Waals surface area contributed by atoms with Crippen molar-refractivity contribution in [1.29, 1.82) is 0 Å². The summed E-state index contributed by atoms with van der Waals surface area (Å²) in [7, 11) is 0. The monoisotopic (exact) mass is 367 g/mol. The molecule has 0 aliphatic rings. The Hall–Kier alpha value is -1.56. The largest absolute Gasteiger partial charge is 0.507 e. The first kappa shape index (κ1) is 13.9. The fourth-order valence-corrected chi connectivity index (χ4v) is 2.12. The molecular weight excluding hydrogens is 353 g/mol. The van der Waals surface area contributed by atoms with Gasteiger partial charge in [0.05, 0.1) is 12.3 Å². The van der Waals surface area contributed by atoms with E-state index in [9.17, 15) is 5.11 Å². The lowest BCUT2D eigenvalue weighted by atomic mass is 10.2. The molecule has 0 aliphatic heterocycles. The Morgan fingerprint density at radius 2 is 2.11 bits per heavy atom. The van der Waals surface area contributed by atoms with Crippen LogP contribution in [-0.4, -0.2) is 17.9 Å². The number of halogens is 1. The van der Waals surface area contributed by atoms with Crippen molar-refractivity contribution in [1.82, 2.24) is 0 Å². The van der Waals surface area contributed by atoms with Crippen LogP contribution >= 0.6 is 22.6 Å². The van der Waals surface area contributed by atoms with E-state index >= 15 is 0 Å². The summed E-state index contributed by atoms with van der Waals surface area (Å²) >= 11 is 2.24. The summed E-state index contributed by atoms with van der Waals surface area (Å²) < 4.78 is 6.44. The number of phenols is 1. The number of nitrogens with zero attached hydrogens (tertiary/aromatic N) is 1. The molecule has 1 N–H and O–H groups in total. The highest BCUT2D eigenvalue weighted by molar-refractivity contribution is 14.1. The molecule has 0 radical (unpaired) electrons. The molecule has 2 aromatic carbocycles. The number of aromatic hydroxyl groups is 1. The van der Waals surface area contributed by atoms with Crippen LogP contribution in [0, 0.1) is 3.57 Å². The molecule has 0 bridgehead atoms. The molecule has 0 spiro atoms. The van der Waals surface area contributed by atoms with Crippen molar-refractivity contribution in [3.63, 3.8) is 0 Å². The Labute approximate surface area is 126 Å². The van der Waals surface area contributed by atoms with Crippen LogP contribution in [0.25, 0.3) is 0 Å². The third kappa shape index (κ3) is 3.96. The zero-order valence-corrected chi connectivity index (χ0v) is 12.7. The zero-order valence-electron chi connectivity index (χ0n) is 10.5. The average molecular weight is 367 g/mol. The molecule has 4 heteroatoms. The van der Waals surface area contributed by atoms with E-state index < -0.39 is 0 Å². The van der Waals surface area contributed by atoms with Crippen molar-refractivity contribution < 1.29 is 9.84 Å². The van der Waals surface area contributed by atoms with E-state index in [2.05, 4.69) is 27.6 Å². The van der Waals surface area contributed by atoms with E-state index in [-0.39, 0.29) is 5.75 Å². The van der Waals surface area contributed by atoms with Crippen LogP contribution in [0.2, 0.25) is 0 Å². The maximum Gasteiger partial charge on any atom is 0.128 e. The summed E-state index contributed by atoms with van der Waals surface area (Å²) in [6.07, 6.45) is 1.65. The predicted molar refractivity (Wildman–Crippen MR) is 85.7 cm³/mol. The minimum Gasteiger partial charge on any atom is -0.507 e. The Balaban J connectivity index is 2.19. The predicted octanol–water partition coefficient (Wildman–Crippen LogP) is 4.15. The van der Waals surface area contributed by atoms with Gasteiger partial charge in [-0.25, -0.2) is 0 Å². The van der Waals surface area contributed by atoms with Crippen molar-refractivity contribution in [2.24, 2.45) is 4.99 Å². The van der Waals surface area contributed by atoms with Crippen LogP contribution < -0.4 is 4.74 Å². The van der Waals surface area contributed by atoms with E-state index in [0.29, 0.717) is 17.9 Å². The fraction of sp³-hybridized carbons (Fsp3) is 0.133. The topological polar surface area (TPSA) is 41.8 Å². The second kappa shape index (κ2) is 6.56. The molecule has 19 heavy (non-hydrogen) atoms. The van der Waals surface area contributed by atoms with Gasteiger partial charge in [0.25, 0.3) is 0 Å². The lowest BCUT2D eigenvalue weighted by Crippen LogP contribution is -1.92. The fourth-order valence-electron chi connectivity index (χ4n) is 1.59. The number of phenolic OH excluding ortho intramolecular Hbond substituents is 1. The normalized spacial score (nSPS) is 10.8. The van der Waals surface area contributed by atoms with Crippen LogP contribution in [0.3, 0.4) is 0 Å². The van der Waals surface area contributed by atoms with Crippen molar-refractivity contribution in [2.45, 2.75) is 6.92 Å². The second-order valence-corrected chi connectivity index (χ2v) is 5.14. The molecule has 0 heterocycles. The highest BCUT2D eigenvalue weighted by atomic mass is 127. The van der Waals surface area contributed by atoms with Crippen molar-refractivity contribution in [3.05, 3.63) is 51.6 Å². The lowest BCUT2D eigenvalue weighted by molar-refractivity contribution is 0.337. The first-order chi connectivity index (χ1) is 9.19. The molecule has 0 atom stereocenters. The Kier molecular flexibility index (Phi) is 4.79. The van der Waals surface area contributed by atoms with Crippen LogP contribution in [0.5, 0.6) is 11.5 Å². The Morgan fingerprint density at radius 3 is 2.79 bits per heavy atom. The van der Waals surface area contributed by atoms with Crippen LogP contribution in [0.4, 0.5) is 5.69 Å². The maximum absolute atomic E-state index is 9.88. The summed E-state index contributed by atoms with van der Waals surface area (Å²) in [6, 6.07) is 13.1. The molecule has 0 saturated heterocycles. The molecule has 0 amide bonds. The Morgan fingerprint density at radius 1 is 1.26 bits per heavy atom. The first-order valence-corrected chi connectivity index (χ1v) is 7.02. The molecule has 0 saturated carbocycles. The summed E-state index contributed by atoms with van der Waals surface area (Å²) in [5, 5.41) is 9.88. The van der Waals surface area contributed by atoms with E-state index in [4.69, 9.17) is 4.74 Å². The standard InChI is InChI=1S/C15H14INO2/c1-2-19-14-7-6-11(15(18)9-14)10-17-13-5-3-4-12(16)8-13/h3-10,18H,2H2,1H3. The van der Waals surface area contributed by atoms with Crippen LogP contribution in [-0.2, 0) is 0 Å². The third-order valence-corrected chi connectivity index (χ3v) is 3.14. The minimum atomic E-state index is 0.167. The van der Waals surface area contributed by atoms with E-state index in [1.54, 1.807) is 18.3 Å². The zero-order chi connectivity index (χ0) is 13.7. The molecule has 0 aliphatic carbocycles. The van der Waals surface area contributed by atoms with Gasteiger partial charge in [0.15, 0.2) is 0 Å². The molecule has 0 aromatic heterocycles. The SMILES string of the molecule is CCOc1ccc(C=Nc2cccc(I)c2)c(O)c1. The molecule has 98 valence electrons. The smallest absolute Gasteiger partial charge is 0.128 e. The number of benzene rings is 2. The summed E-state index contributed by atoms with van der Waals surface area (Å²) in [6.45, 7) is 2.48. The van der Waals surface area contributed by atoms with E-state index in [0.717, 1.165) is 9.26 Å². The van der Waals surface area contributed by atoms with Crippen molar-refractivity contribution >= 4 is 34.5 Å². The van der Waals surface area contributed by atoms with E-state index in [1.807, 2.05) is 37.3 Å². The third-order valence-electron chi connectivity index (χ3n) is 2.47. The Bertz CT molecular complexity index is 596. The van der Waals surface area contributed by atoms with Crippen LogP contribution in [0.1, 0.15) is 12.5 Å². The lowest BCUT2D eigenvalue weighted by Gasteiger charge is -2.04. The highest BCUT2D eigenvalue weighted by Gasteiger charge is 2.01. The molecule has 2 aromatic rings. The maximum atomic E-state index is 9.88. The van der Waals surface area contributed by atoms with Gasteiger partial charge >= 0.3 is 0 Å². The van der Waals surface area contributed by atoms with Gasteiger partial charge < -0.3 is 9.84 Å². The van der Waals surface area contributed by atoms with Gasteiger partial charge in [0, 0.05) is 21.4 Å². The second-order valence-electron chi connectivity index (χ2n) is 3.89. The molecule has 2 rings (SSSR count). The minimum absolute atomic E-state index is 0.167. The van der Waals surface area contributed by atoms with E-state index in [1.165, 1.54) is 0 Å². The molecule has 0 fully saturated rings. The molecular formula is C15H14INO2. The summed E-state index contributed by atoms with van der Waals surface area (Å²) in [5.74, 6) is 0.826. The number of ether oxygens (including phenoxy) is 1. The summed E-state index contributed by atoms with van der Waals surface area (Å²) in [4.78, 5) is 4.34. The van der Waals surface area contributed by atoms with Gasteiger partial charge in [0.1, 0.15) is 11.5 Å². The van der Waals surface area contributed by atoms with Crippen LogP contribution in [0.15, 0.2) is 47.5 Å². The van der Waals surface area contributed by atoms with Gasteiger partial charge in [-0.3, -0.25) is 4.99 Å². The molecule has 3 nitrogen and oxygen atoms in total. The van der Waals surface area contributed by atoms with Gasteiger partial charge in [-0.2, -0.15) is 0 Å². The van der Waals surface area contributed by atoms with Gasteiger partial charge in [-0.15, -0.1) is 0 Å². The number of rotatable bonds is 4. The number of aliphatic imine (C=N–C) groups is 1. The van der Waals surface area contributed by atoms with Crippen molar-refractivity contribution in [3.8, 4) is 11.5 Å². The van der Waals surface area contributed by atoms with Gasteiger partial charge in [0.2, 0.25) is 0 Å². The highest BCUT2D eigenvalue weighted by Crippen LogP contribution is 2.23. The number of hydrogen-bond acceptors (Lipinski definition) is 3. The molecule has 0 unspecified atom stereocenters. The van der Waals surface area contributed by atoms with Crippen molar-refractivity contribution in [2.75, 3.05) is 6.61 Å².